The van der Waals surface area contributed by atoms with Crippen LogP contribution in [0.5, 0.6) is 0 Å². The number of nitrogens with one attached hydrogen (secondary N) is 2. The molecule has 1 heterocycles. The molecule has 110 valence electrons. The summed E-state index contributed by atoms with van der Waals surface area (Å²) in [5, 5.41) is 14.7. The predicted molar refractivity (Wildman–Crippen MR) is 76.4 cm³/mol. The Bertz CT molecular complexity index is 581. The summed E-state index contributed by atoms with van der Waals surface area (Å²) in [5.74, 6) is -1.06. The molecule has 1 aromatic heterocycles. The highest BCUT2D eigenvalue weighted by atomic mass is 16.4. The largest absolute Gasteiger partial charge is 0.467 e. The lowest BCUT2D eigenvalue weighted by Crippen LogP contribution is -2.36. The van der Waals surface area contributed by atoms with Gasteiger partial charge in [-0.05, 0) is 30.7 Å². The number of hydrogen-bond acceptors (Lipinski definition) is 4. The van der Waals surface area contributed by atoms with E-state index in [-0.39, 0.29) is 13.0 Å². The zero-order valence-corrected chi connectivity index (χ0v) is 11.3. The number of benzene rings is 1. The number of aliphatic hydroxyl groups excluding tert-OH is 1. The summed E-state index contributed by atoms with van der Waals surface area (Å²) in [5.41, 5.74) is 0.549. The van der Waals surface area contributed by atoms with Crippen LogP contribution in [0.15, 0.2) is 53.1 Å². The number of amides is 2. The van der Waals surface area contributed by atoms with Crippen LogP contribution in [0.1, 0.15) is 18.3 Å². The number of carbonyl (C=O) groups excluding carboxylic acids is 2. The van der Waals surface area contributed by atoms with Gasteiger partial charge in [-0.2, -0.15) is 0 Å². The van der Waals surface area contributed by atoms with E-state index in [1.807, 2.05) is 6.07 Å². The van der Waals surface area contributed by atoms with Gasteiger partial charge in [0, 0.05) is 12.2 Å². The highest BCUT2D eigenvalue weighted by molar-refractivity contribution is 6.39. The van der Waals surface area contributed by atoms with Gasteiger partial charge >= 0.3 is 11.8 Å². The zero-order chi connectivity index (χ0) is 15.1. The summed E-state index contributed by atoms with van der Waals surface area (Å²) in [6, 6.07) is 12.0. The maximum Gasteiger partial charge on any atom is 0.313 e. The van der Waals surface area contributed by atoms with Crippen LogP contribution in [0.3, 0.4) is 0 Å². The van der Waals surface area contributed by atoms with Crippen LogP contribution in [0, 0.1) is 0 Å². The van der Waals surface area contributed by atoms with E-state index in [2.05, 4.69) is 10.6 Å². The normalized spacial score (nSPS) is 11.7. The SMILES string of the molecule is O=C(NCC[C@H](O)c1ccco1)C(=O)Nc1ccccc1. The van der Waals surface area contributed by atoms with Gasteiger partial charge in [0.05, 0.1) is 6.26 Å². The minimum absolute atomic E-state index is 0.170. The fraction of sp³-hybridized carbons (Fsp3) is 0.200. The Hall–Kier alpha value is -2.60. The van der Waals surface area contributed by atoms with Crippen LogP contribution in [-0.2, 0) is 9.59 Å². The van der Waals surface area contributed by atoms with Gasteiger partial charge in [0.25, 0.3) is 0 Å². The lowest BCUT2D eigenvalue weighted by molar-refractivity contribution is -0.136. The van der Waals surface area contributed by atoms with Crippen LogP contribution in [-0.4, -0.2) is 23.5 Å². The maximum absolute atomic E-state index is 11.6. The van der Waals surface area contributed by atoms with Crippen molar-refractivity contribution in [1.29, 1.82) is 0 Å². The maximum atomic E-state index is 11.6. The number of rotatable bonds is 5. The second-order valence-corrected chi connectivity index (χ2v) is 4.40. The molecule has 0 aliphatic heterocycles. The highest BCUT2D eigenvalue weighted by Gasteiger charge is 2.15. The van der Waals surface area contributed by atoms with Crippen molar-refractivity contribution < 1.29 is 19.1 Å². The van der Waals surface area contributed by atoms with Crippen molar-refractivity contribution in [3.05, 3.63) is 54.5 Å². The minimum atomic E-state index is -0.808. The van der Waals surface area contributed by atoms with Gasteiger partial charge in [-0.3, -0.25) is 9.59 Å². The summed E-state index contributed by atoms with van der Waals surface area (Å²) < 4.78 is 5.04. The number of hydrogen-bond donors (Lipinski definition) is 3. The summed E-state index contributed by atoms with van der Waals surface area (Å²) in [6.07, 6.45) is 0.917. The van der Waals surface area contributed by atoms with Crippen LogP contribution in [0.4, 0.5) is 5.69 Å². The van der Waals surface area contributed by atoms with E-state index in [9.17, 15) is 14.7 Å². The number of carbonyl (C=O) groups is 2. The third-order valence-electron chi connectivity index (χ3n) is 2.81. The van der Waals surface area contributed by atoms with Crippen molar-refractivity contribution >= 4 is 17.5 Å². The first kappa shape index (κ1) is 14.8. The summed E-state index contributed by atoms with van der Waals surface area (Å²) in [6.45, 7) is 0.170. The first-order valence-corrected chi connectivity index (χ1v) is 6.52. The molecule has 0 fully saturated rings. The van der Waals surface area contributed by atoms with Crippen molar-refractivity contribution in [3.8, 4) is 0 Å². The Morgan fingerprint density at radius 1 is 1.10 bits per heavy atom. The molecule has 0 radical (unpaired) electrons. The van der Waals surface area contributed by atoms with Gasteiger partial charge in [-0.25, -0.2) is 0 Å². The molecule has 1 aromatic carbocycles. The van der Waals surface area contributed by atoms with Gasteiger partial charge in [-0.1, -0.05) is 18.2 Å². The Kier molecular flexibility index (Phi) is 5.11. The Labute approximate surface area is 121 Å². The number of para-hydroxylation sites is 1. The van der Waals surface area contributed by atoms with E-state index in [4.69, 9.17) is 4.42 Å². The summed E-state index contributed by atoms with van der Waals surface area (Å²) in [4.78, 5) is 23.2. The van der Waals surface area contributed by atoms with Crippen molar-refractivity contribution in [3.63, 3.8) is 0 Å². The van der Waals surface area contributed by atoms with Gasteiger partial charge in [0.2, 0.25) is 0 Å². The molecule has 0 aliphatic carbocycles. The molecule has 21 heavy (non-hydrogen) atoms. The first-order chi connectivity index (χ1) is 10.2. The van der Waals surface area contributed by atoms with Crippen molar-refractivity contribution in [2.45, 2.75) is 12.5 Å². The molecular weight excluding hydrogens is 272 g/mol. The van der Waals surface area contributed by atoms with Crippen LogP contribution in [0.2, 0.25) is 0 Å². The van der Waals surface area contributed by atoms with Gasteiger partial charge in [0.1, 0.15) is 11.9 Å². The van der Waals surface area contributed by atoms with Crippen LogP contribution < -0.4 is 10.6 Å². The molecule has 1 atom stereocenters. The Morgan fingerprint density at radius 3 is 2.52 bits per heavy atom. The van der Waals surface area contributed by atoms with Crippen LogP contribution in [0.25, 0.3) is 0 Å². The molecule has 0 saturated heterocycles. The van der Waals surface area contributed by atoms with E-state index in [1.54, 1.807) is 36.4 Å². The highest BCUT2D eigenvalue weighted by Crippen LogP contribution is 2.15. The average Bonchev–Trinajstić information content (AvgIpc) is 3.02. The van der Waals surface area contributed by atoms with Gasteiger partial charge in [0.15, 0.2) is 0 Å². The average molecular weight is 288 g/mol. The smallest absolute Gasteiger partial charge is 0.313 e. The molecular formula is C15H16N2O4. The van der Waals surface area contributed by atoms with Crippen molar-refractivity contribution in [2.24, 2.45) is 0 Å². The number of anilines is 1. The third kappa shape index (κ3) is 4.47. The molecule has 0 bridgehead atoms. The quantitative estimate of drug-likeness (QED) is 0.726. The lowest BCUT2D eigenvalue weighted by atomic mass is 10.2. The fourth-order valence-electron chi connectivity index (χ4n) is 1.74. The standard InChI is InChI=1S/C15H16N2O4/c18-12(13-7-4-10-21-13)8-9-16-14(19)15(20)17-11-5-2-1-3-6-11/h1-7,10,12,18H,8-9H2,(H,16,19)(H,17,20)/t12-/m0/s1. The van der Waals surface area contributed by atoms with E-state index < -0.39 is 17.9 Å². The van der Waals surface area contributed by atoms with Gasteiger partial charge < -0.3 is 20.2 Å². The molecule has 2 amide bonds. The molecule has 0 spiro atoms. The van der Waals surface area contributed by atoms with E-state index in [1.165, 1.54) is 6.26 Å². The third-order valence-corrected chi connectivity index (χ3v) is 2.81. The molecule has 0 aliphatic rings. The van der Waals surface area contributed by atoms with E-state index >= 15 is 0 Å². The predicted octanol–water partition coefficient (Wildman–Crippen LogP) is 1.46. The zero-order valence-electron chi connectivity index (χ0n) is 11.3. The molecule has 6 nitrogen and oxygen atoms in total. The molecule has 0 saturated carbocycles. The fourth-order valence-corrected chi connectivity index (χ4v) is 1.74. The summed E-state index contributed by atoms with van der Waals surface area (Å²) >= 11 is 0. The van der Waals surface area contributed by atoms with Crippen LogP contribution >= 0.6 is 0 Å². The molecule has 3 N–H and O–H groups in total. The molecule has 2 aromatic rings. The number of furan rings is 1. The van der Waals surface area contributed by atoms with E-state index in [0.717, 1.165) is 0 Å². The lowest BCUT2D eigenvalue weighted by Gasteiger charge is -2.09. The molecule has 0 unspecified atom stereocenters. The van der Waals surface area contributed by atoms with Crippen molar-refractivity contribution in [2.75, 3.05) is 11.9 Å². The Morgan fingerprint density at radius 2 is 1.86 bits per heavy atom. The van der Waals surface area contributed by atoms with Crippen molar-refractivity contribution in [1.82, 2.24) is 5.32 Å². The molecule has 6 heteroatoms. The van der Waals surface area contributed by atoms with Gasteiger partial charge in [-0.15, -0.1) is 0 Å². The second-order valence-electron chi connectivity index (χ2n) is 4.40. The molecule has 2 rings (SSSR count). The summed E-state index contributed by atoms with van der Waals surface area (Å²) in [7, 11) is 0. The minimum Gasteiger partial charge on any atom is -0.467 e. The van der Waals surface area contributed by atoms with E-state index in [0.29, 0.717) is 11.4 Å². The topological polar surface area (TPSA) is 91.6 Å². The second kappa shape index (κ2) is 7.25. The number of aliphatic hydroxyl groups is 1. The first-order valence-electron chi connectivity index (χ1n) is 6.52. The Balaban J connectivity index is 1.73. The monoisotopic (exact) mass is 288 g/mol.